The number of imidazole rings is 1. The van der Waals surface area contributed by atoms with Crippen LogP contribution >= 0.6 is 15.9 Å². The van der Waals surface area contributed by atoms with Crippen LogP contribution in [0.3, 0.4) is 0 Å². The van der Waals surface area contributed by atoms with Gasteiger partial charge in [-0.1, -0.05) is 18.2 Å². The van der Waals surface area contributed by atoms with Crippen molar-refractivity contribution in [1.29, 1.82) is 0 Å². The van der Waals surface area contributed by atoms with Crippen LogP contribution in [0.15, 0.2) is 70.0 Å². The molecule has 1 aromatic carbocycles. The molecule has 0 unspecified atom stereocenters. The number of nitrogens with zero attached hydrogens (tertiary/aromatic N) is 3. The van der Waals surface area contributed by atoms with Crippen LogP contribution in [0.4, 0.5) is 0 Å². The second-order valence-corrected chi connectivity index (χ2v) is 7.59. The van der Waals surface area contributed by atoms with Crippen molar-refractivity contribution in [3.63, 3.8) is 0 Å². The number of fused-ring (bicyclic) bond motifs is 1. The minimum absolute atomic E-state index is 0.140. The number of amides is 1. The second-order valence-electron chi connectivity index (χ2n) is 6.81. The molecule has 3 heterocycles. The molecule has 0 radical (unpaired) electrons. The van der Waals surface area contributed by atoms with E-state index >= 15 is 0 Å². The molecule has 0 bridgehead atoms. The molecule has 0 aliphatic rings. The van der Waals surface area contributed by atoms with Crippen LogP contribution in [0.25, 0.3) is 5.65 Å². The summed E-state index contributed by atoms with van der Waals surface area (Å²) >= 11 is 3.28. The van der Waals surface area contributed by atoms with E-state index in [0.29, 0.717) is 28.3 Å². The monoisotopic (exact) mass is 453 g/mol. The normalized spacial score (nSPS) is 11.0. The van der Waals surface area contributed by atoms with Gasteiger partial charge < -0.3 is 18.5 Å². The summed E-state index contributed by atoms with van der Waals surface area (Å²) in [5.41, 5.74) is 3.30. The van der Waals surface area contributed by atoms with Gasteiger partial charge in [-0.3, -0.25) is 4.79 Å². The van der Waals surface area contributed by atoms with Crippen molar-refractivity contribution >= 4 is 27.5 Å². The highest BCUT2D eigenvalue weighted by Gasteiger charge is 2.18. The first-order valence-corrected chi connectivity index (χ1v) is 9.95. The van der Waals surface area contributed by atoms with Crippen LogP contribution in [-0.4, -0.2) is 27.2 Å². The third-order valence-electron chi connectivity index (χ3n) is 4.59. The van der Waals surface area contributed by atoms with E-state index < -0.39 is 0 Å². The maximum Gasteiger partial charge on any atom is 0.257 e. The number of para-hydroxylation sites is 1. The number of halogens is 1. The van der Waals surface area contributed by atoms with E-state index in [1.54, 1.807) is 30.1 Å². The molecule has 7 heteroatoms. The highest BCUT2D eigenvalue weighted by Crippen LogP contribution is 2.23. The minimum Gasteiger partial charge on any atom is -0.486 e. The molecule has 4 rings (SSSR count). The van der Waals surface area contributed by atoms with E-state index in [4.69, 9.17) is 9.15 Å². The van der Waals surface area contributed by atoms with Crippen LogP contribution in [0, 0.1) is 6.92 Å². The smallest absolute Gasteiger partial charge is 0.257 e. The fraction of sp³-hybridized carbons (Fsp3) is 0.182. The third-order valence-corrected chi connectivity index (χ3v) is 5.02. The molecule has 0 spiro atoms. The van der Waals surface area contributed by atoms with Gasteiger partial charge in [-0.2, -0.15) is 0 Å². The van der Waals surface area contributed by atoms with Crippen molar-refractivity contribution in [2.24, 2.45) is 0 Å². The molecule has 0 saturated carbocycles. The molecular formula is C22H20BrN3O3. The summed E-state index contributed by atoms with van der Waals surface area (Å²) in [4.78, 5) is 19.2. The lowest BCUT2D eigenvalue weighted by atomic mass is 10.1. The van der Waals surface area contributed by atoms with E-state index in [1.165, 1.54) is 0 Å². The summed E-state index contributed by atoms with van der Waals surface area (Å²) in [6, 6.07) is 14.9. The largest absolute Gasteiger partial charge is 0.486 e. The predicted molar refractivity (Wildman–Crippen MR) is 113 cm³/mol. The van der Waals surface area contributed by atoms with E-state index in [1.807, 2.05) is 54.0 Å². The van der Waals surface area contributed by atoms with Gasteiger partial charge in [-0.15, -0.1) is 0 Å². The average Bonchev–Trinajstić information content (AvgIpc) is 3.32. The lowest BCUT2D eigenvalue weighted by molar-refractivity contribution is 0.0770. The second kappa shape index (κ2) is 8.13. The van der Waals surface area contributed by atoms with Gasteiger partial charge in [0.15, 0.2) is 4.67 Å². The van der Waals surface area contributed by atoms with Gasteiger partial charge in [-0.05, 0) is 58.7 Å². The van der Waals surface area contributed by atoms with Gasteiger partial charge >= 0.3 is 0 Å². The number of carbonyl (C=O) groups is 1. The molecule has 148 valence electrons. The molecule has 1 amide bonds. The molecule has 0 fully saturated rings. The summed E-state index contributed by atoms with van der Waals surface area (Å²) in [6.07, 6.45) is 3.89. The van der Waals surface area contributed by atoms with Crippen molar-refractivity contribution in [3.05, 3.63) is 88.2 Å². The van der Waals surface area contributed by atoms with E-state index in [0.717, 1.165) is 16.9 Å². The Bertz CT molecular complexity index is 1170. The number of carbonyl (C=O) groups excluding carboxylic acids is 1. The Labute approximate surface area is 176 Å². The molecular weight excluding hydrogens is 434 g/mol. The zero-order chi connectivity index (χ0) is 20.4. The highest BCUT2D eigenvalue weighted by molar-refractivity contribution is 9.10. The SMILES string of the molecule is Cc1cccn2cc(COc3ccccc3C(=O)N(C)Cc3ccc(Br)o3)nc12. The zero-order valence-electron chi connectivity index (χ0n) is 16.1. The Morgan fingerprint density at radius 3 is 2.79 bits per heavy atom. The van der Waals surface area contributed by atoms with Gasteiger partial charge in [0.05, 0.1) is 17.8 Å². The number of rotatable bonds is 6. The van der Waals surface area contributed by atoms with Gasteiger partial charge in [0.25, 0.3) is 5.91 Å². The number of ether oxygens (including phenoxy) is 1. The van der Waals surface area contributed by atoms with Crippen LogP contribution < -0.4 is 4.74 Å². The number of benzene rings is 1. The summed E-state index contributed by atoms with van der Waals surface area (Å²) in [5, 5.41) is 0. The molecule has 0 N–H and O–H groups in total. The van der Waals surface area contributed by atoms with Gasteiger partial charge in [0, 0.05) is 19.4 Å². The summed E-state index contributed by atoms with van der Waals surface area (Å²) < 4.78 is 14.1. The predicted octanol–water partition coefficient (Wildman–Crippen LogP) is 4.85. The van der Waals surface area contributed by atoms with Crippen LogP contribution in [0.5, 0.6) is 5.75 Å². The fourth-order valence-electron chi connectivity index (χ4n) is 3.14. The lowest BCUT2D eigenvalue weighted by Crippen LogP contribution is -2.26. The van der Waals surface area contributed by atoms with E-state index in [2.05, 4.69) is 20.9 Å². The first-order chi connectivity index (χ1) is 14.0. The molecule has 0 saturated heterocycles. The number of pyridine rings is 1. The molecule has 4 aromatic rings. The Morgan fingerprint density at radius 1 is 1.21 bits per heavy atom. The van der Waals surface area contributed by atoms with Crippen LogP contribution in [0.2, 0.25) is 0 Å². The molecule has 0 atom stereocenters. The zero-order valence-corrected chi connectivity index (χ0v) is 17.7. The van der Waals surface area contributed by atoms with Gasteiger partial charge in [0.2, 0.25) is 0 Å². The van der Waals surface area contributed by atoms with E-state index in [9.17, 15) is 4.79 Å². The van der Waals surface area contributed by atoms with E-state index in [-0.39, 0.29) is 12.5 Å². The van der Waals surface area contributed by atoms with Gasteiger partial charge in [0.1, 0.15) is 23.8 Å². The molecule has 3 aromatic heterocycles. The van der Waals surface area contributed by atoms with Crippen molar-refractivity contribution in [1.82, 2.24) is 14.3 Å². The van der Waals surface area contributed by atoms with Crippen LogP contribution in [0.1, 0.15) is 27.4 Å². The number of hydrogen-bond donors (Lipinski definition) is 0. The molecule has 6 nitrogen and oxygen atoms in total. The standard InChI is InChI=1S/C22H20BrN3O3/c1-15-6-5-11-26-12-16(24-21(15)26)14-28-19-8-4-3-7-18(19)22(27)25(2)13-17-9-10-20(23)29-17/h3-12H,13-14H2,1-2H3. The van der Waals surface area contributed by atoms with Gasteiger partial charge in [-0.25, -0.2) is 4.98 Å². The van der Waals surface area contributed by atoms with Crippen molar-refractivity contribution < 1.29 is 13.9 Å². The quantitative estimate of drug-likeness (QED) is 0.418. The van der Waals surface area contributed by atoms with Crippen molar-refractivity contribution in [3.8, 4) is 5.75 Å². The maximum atomic E-state index is 12.9. The first kappa shape index (κ1) is 19.3. The fourth-order valence-corrected chi connectivity index (χ4v) is 3.48. The number of hydrogen-bond acceptors (Lipinski definition) is 4. The summed E-state index contributed by atoms with van der Waals surface area (Å²) in [7, 11) is 1.74. The Hall–Kier alpha value is -3.06. The third kappa shape index (κ3) is 4.19. The molecule has 0 aliphatic heterocycles. The summed E-state index contributed by atoms with van der Waals surface area (Å²) in [5.74, 6) is 1.09. The maximum absolute atomic E-state index is 12.9. The Kier molecular flexibility index (Phi) is 5.40. The topological polar surface area (TPSA) is 60.0 Å². The average molecular weight is 454 g/mol. The first-order valence-electron chi connectivity index (χ1n) is 9.16. The number of aryl methyl sites for hydroxylation is 1. The minimum atomic E-state index is -0.140. The molecule has 29 heavy (non-hydrogen) atoms. The summed E-state index contributed by atoms with van der Waals surface area (Å²) in [6.45, 7) is 2.67. The lowest BCUT2D eigenvalue weighted by Gasteiger charge is -2.18. The highest BCUT2D eigenvalue weighted by atomic mass is 79.9. The molecule has 0 aliphatic carbocycles. The number of furan rings is 1. The van der Waals surface area contributed by atoms with Crippen LogP contribution in [-0.2, 0) is 13.2 Å². The van der Waals surface area contributed by atoms with Crippen molar-refractivity contribution in [2.75, 3.05) is 7.05 Å². The Balaban J connectivity index is 1.49. The Morgan fingerprint density at radius 2 is 2.03 bits per heavy atom. The number of aromatic nitrogens is 2. The van der Waals surface area contributed by atoms with Crippen molar-refractivity contribution in [2.45, 2.75) is 20.1 Å².